The van der Waals surface area contributed by atoms with E-state index in [-0.39, 0.29) is 10.8 Å². The fraction of sp³-hybridized carbons (Fsp3) is 0.450. The Hall–Kier alpha value is -2.12. The molecule has 0 spiro atoms. The molecule has 0 saturated carbocycles. The lowest BCUT2D eigenvalue weighted by Crippen LogP contribution is -2.31. The summed E-state index contributed by atoms with van der Waals surface area (Å²) in [6.07, 6.45) is 5.41. The second-order valence-corrected chi connectivity index (χ2v) is 9.13. The molecule has 0 aliphatic carbocycles. The Kier molecular flexibility index (Phi) is 5.72. The first-order chi connectivity index (χ1) is 12.8. The van der Waals surface area contributed by atoms with Gasteiger partial charge in [0.05, 0.1) is 0 Å². The topological polar surface area (TPSA) is 71.4 Å². The molecule has 6 nitrogen and oxygen atoms in total. The van der Waals surface area contributed by atoms with Crippen molar-refractivity contribution in [3.05, 3.63) is 47.3 Å². The van der Waals surface area contributed by atoms with E-state index in [9.17, 15) is 13.2 Å². The van der Waals surface area contributed by atoms with Crippen LogP contribution >= 0.6 is 0 Å². The van der Waals surface area contributed by atoms with E-state index in [1.54, 1.807) is 15.9 Å². The molecule has 146 valence electrons. The van der Waals surface area contributed by atoms with Crippen LogP contribution in [0, 0.1) is 13.8 Å². The number of sulfonamides is 1. The van der Waals surface area contributed by atoms with Gasteiger partial charge in [0.2, 0.25) is 10.0 Å². The van der Waals surface area contributed by atoms with Crippen LogP contribution < -0.4 is 5.32 Å². The minimum absolute atomic E-state index is 0.179. The van der Waals surface area contributed by atoms with E-state index >= 15 is 0 Å². The summed E-state index contributed by atoms with van der Waals surface area (Å²) in [4.78, 5) is 12.9. The first-order valence-electron chi connectivity index (χ1n) is 9.35. The van der Waals surface area contributed by atoms with Gasteiger partial charge < -0.3 is 9.88 Å². The highest BCUT2D eigenvalue weighted by Gasteiger charge is 2.28. The Balaban J connectivity index is 1.85. The molecule has 1 aliphatic rings. The zero-order chi connectivity index (χ0) is 19.6. The van der Waals surface area contributed by atoms with Gasteiger partial charge in [-0.05, 0) is 49.9 Å². The van der Waals surface area contributed by atoms with Gasteiger partial charge in [-0.1, -0.05) is 25.0 Å². The van der Waals surface area contributed by atoms with Gasteiger partial charge in [0.25, 0.3) is 5.91 Å². The van der Waals surface area contributed by atoms with E-state index in [2.05, 4.69) is 5.32 Å². The molecule has 27 heavy (non-hydrogen) atoms. The maximum atomic E-state index is 13.0. The molecule has 0 unspecified atom stereocenters. The second-order valence-electron chi connectivity index (χ2n) is 7.19. The number of aryl methyl sites for hydroxylation is 2. The van der Waals surface area contributed by atoms with Gasteiger partial charge in [-0.2, -0.15) is 4.31 Å². The van der Waals surface area contributed by atoms with Gasteiger partial charge in [0.1, 0.15) is 10.6 Å². The number of nitrogens with one attached hydrogen (secondary N) is 1. The number of carbonyl (C=O) groups excluding carboxylic acids is 1. The third kappa shape index (κ3) is 4.09. The van der Waals surface area contributed by atoms with E-state index < -0.39 is 10.0 Å². The summed E-state index contributed by atoms with van der Waals surface area (Å²) >= 11 is 0. The van der Waals surface area contributed by atoms with Crippen molar-refractivity contribution in [2.24, 2.45) is 7.05 Å². The van der Waals surface area contributed by atoms with E-state index in [1.807, 2.05) is 32.0 Å². The molecule has 0 bridgehead atoms. The molecular weight excluding hydrogens is 362 g/mol. The number of hydrogen-bond acceptors (Lipinski definition) is 3. The fourth-order valence-corrected chi connectivity index (χ4v) is 4.99. The maximum Gasteiger partial charge on any atom is 0.272 e. The zero-order valence-electron chi connectivity index (χ0n) is 16.2. The number of amides is 1. The van der Waals surface area contributed by atoms with Crippen LogP contribution in [0.4, 0.5) is 5.69 Å². The van der Waals surface area contributed by atoms with Crippen molar-refractivity contribution >= 4 is 21.6 Å². The molecule has 0 atom stereocenters. The highest BCUT2D eigenvalue weighted by atomic mass is 32.2. The molecule has 3 rings (SSSR count). The SMILES string of the molecule is Cc1cccc(NC(=O)c2cc(S(=O)(=O)N3CCCCCC3)cn2C)c1C. The third-order valence-corrected chi connectivity index (χ3v) is 7.13. The number of hydrogen-bond donors (Lipinski definition) is 1. The van der Waals surface area contributed by atoms with Crippen LogP contribution in [0.3, 0.4) is 0 Å². The van der Waals surface area contributed by atoms with Crippen LogP contribution in [-0.4, -0.2) is 36.3 Å². The van der Waals surface area contributed by atoms with E-state index in [0.29, 0.717) is 18.8 Å². The van der Waals surface area contributed by atoms with Crippen molar-refractivity contribution in [3.8, 4) is 0 Å². The molecule has 2 heterocycles. The summed E-state index contributed by atoms with van der Waals surface area (Å²) in [6.45, 7) is 5.02. The fourth-order valence-electron chi connectivity index (χ4n) is 3.40. The van der Waals surface area contributed by atoms with Gasteiger partial charge in [-0.15, -0.1) is 0 Å². The Labute approximate surface area is 161 Å². The number of anilines is 1. The zero-order valence-corrected chi connectivity index (χ0v) is 17.0. The normalized spacial score (nSPS) is 16.1. The quantitative estimate of drug-likeness (QED) is 0.870. The largest absolute Gasteiger partial charge is 0.345 e. The van der Waals surface area contributed by atoms with Crippen molar-refractivity contribution in [3.63, 3.8) is 0 Å². The smallest absolute Gasteiger partial charge is 0.272 e. The van der Waals surface area contributed by atoms with Gasteiger partial charge in [0, 0.05) is 32.0 Å². The number of benzene rings is 1. The second kappa shape index (κ2) is 7.86. The van der Waals surface area contributed by atoms with Crippen LogP contribution in [0.15, 0.2) is 35.4 Å². The van der Waals surface area contributed by atoms with Crippen LogP contribution in [0.25, 0.3) is 0 Å². The molecule has 1 aromatic heterocycles. The summed E-state index contributed by atoms with van der Waals surface area (Å²) < 4.78 is 29.1. The average Bonchev–Trinajstić information content (AvgIpc) is 2.83. The first-order valence-corrected chi connectivity index (χ1v) is 10.8. The van der Waals surface area contributed by atoms with Crippen molar-refractivity contribution in [2.45, 2.75) is 44.4 Å². The lowest BCUT2D eigenvalue weighted by atomic mass is 10.1. The van der Waals surface area contributed by atoms with Crippen LogP contribution in [0.5, 0.6) is 0 Å². The molecule has 1 amide bonds. The molecule has 2 aromatic rings. The molecular formula is C20H27N3O3S. The van der Waals surface area contributed by atoms with Gasteiger partial charge in [0.15, 0.2) is 0 Å². The highest BCUT2D eigenvalue weighted by Crippen LogP contribution is 2.23. The average molecular weight is 390 g/mol. The van der Waals surface area contributed by atoms with Crippen molar-refractivity contribution in [2.75, 3.05) is 18.4 Å². The first kappa shape index (κ1) is 19.6. The summed E-state index contributed by atoms with van der Waals surface area (Å²) in [6, 6.07) is 7.19. The van der Waals surface area contributed by atoms with Gasteiger partial charge in [-0.25, -0.2) is 8.42 Å². The van der Waals surface area contributed by atoms with Crippen molar-refractivity contribution in [1.29, 1.82) is 0 Å². The maximum absolute atomic E-state index is 13.0. The predicted octanol–water partition coefficient (Wildman–Crippen LogP) is 3.46. The number of carbonyl (C=O) groups is 1. The van der Waals surface area contributed by atoms with Crippen LogP contribution in [-0.2, 0) is 17.1 Å². The van der Waals surface area contributed by atoms with Crippen LogP contribution in [0.1, 0.15) is 47.3 Å². The molecule has 1 N–H and O–H groups in total. The molecule has 1 aromatic carbocycles. The molecule has 7 heteroatoms. The molecule has 1 saturated heterocycles. The van der Waals surface area contributed by atoms with Crippen molar-refractivity contribution < 1.29 is 13.2 Å². The van der Waals surface area contributed by atoms with E-state index in [1.165, 1.54) is 12.3 Å². The Morgan fingerprint density at radius 1 is 1.07 bits per heavy atom. The summed E-state index contributed by atoms with van der Waals surface area (Å²) in [5.74, 6) is -0.316. The van der Waals surface area contributed by atoms with Gasteiger partial charge in [-0.3, -0.25) is 4.79 Å². The van der Waals surface area contributed by atoms with Gasteiger partial charge >= 0.3 is 0 Å². The molecule has 0 radical (unpaired) electrons. The number of rotatable bonds is 4. The predicted molar refractivity (Wildman–Crippen MR) is 107 cm³/mol. The lowest BCUT2D eigenvalue weighted by Gasteiger charge is -2.18. The van der Waals surface area contributed by atoms with E-state index in [4.69, 9.17) is 0 Å². The monoisotopic (exact) mass is 389 g/mol. The molecule has 1 aliphatic heterocycles. The third-order valence-electron chi connectivity index (χ3n) is 5.27. The Bertz CT molecular complexity index is 939. The number of nitrogens with zero attached hydrogens (tertiary/aromatic N) is 2. The Morgan fingerprint density at radius 2 is 1.74 bits per heavy atom. The summed E-state index contributed by atoms with van der Waals surface area (Å²) in [5.41, 5.74) is 3.14. The standard InChI is InChI=1S/C20H27N3O3S/c1-15-9-8-10-18(16(15)2)21-20(24)19-13-17(14-22(19)3)27(25,26)23-11-6-4-5-7-12-23/h8-10,13-14H,4-7,11-12H2,1-3H3,(H,21,24). The Morgan fingerprint density at radius 3 is 2.41 bits per heavy atom. The summed E-state index contributed by atoms with van der Waals surface area (Å²) in [7, 11) is -1.88. The minimum Gasteiger partial charge on any atom is -0.345 e. The van der Waals surface area contributed by atoms with E-state index in [0.717, 1.165) is 42.5 Å². The molecule has 1 fully saturated rings. The number of aromatic nitrogens is 1. The van der Waals surface area contributed by atoms with Crippen LogP contribution in [0.2, 0.25) is 0 Å². The highest BCUT2D eigenvalue weighted by molar-refractivity contribution is 7.89. The summed E-state index contributed by atoms with van der Waals surface area (Å²) in [5, 5.41) is 2.89. The minimum atomic E-state index is -3.58. The lowest BCUT2D eigenvalue weighted by molar-refractivity contribution is 0.101. The van der Waals surface area contributed by atoms with Crippen molar-refractivity contribution in [1.82, 2.24) is 8.87 Å².